The molecule has 0 spiro atoms. The highest BCUT2D eigenvalue weighted by Crippen LogP contribution is 2.15. The highest BCUT2D eigenvalue weighted by molar-refractivity contribution is 7.17. The first-order chi connectivity index (χ1) is 12.4. The quantitative estimate of drug-likeness (QED) is 0.379. The van der Waals surface area contributed by atoms with Crippen molar-refractivity contribution in [3.8, 4) is 0 Å². The Kier molecular flexibility index (Phi) is 4.11. The summed E-state index contributed by atoms with van der Waals surface area (Å²) >= 11 is 1.60. The lowest BCUT2D eigenvalue weighted by atomic mass is 10.2. The number of hydrogen-bond acceptors (Lipinski definition) is 1. The van der Waals surface area contributed by atoms with Gasteiger partial charge in [0.1, 0.15) is 0 Å². The van der Waals surface area contributed by atoms with Crippen LogP contribution in [0.3, 0.4) is 0 Å². The minimum absolute atomic E-state index is 0.887. The predicted molar refractivity (Wildman–Crippen MR) is 103 cm³/mol. The Morgan fingerprint density at radius 2 is 0.960 bits per heavy atom. The minimum atomic E-state index is 0.887. The van der Waals surface area contributed by atoms with E-state index >= 15 is 0 Å². The zero-order chi connectivity index (χ0) is 16.9. The normalized spacial score (nSPS) is 9.12. The molecule has 0 amide bonds. The van der Waals surface area contributed by atoms with Crippen LogP contribution in [0.25, 0.3) is 31.6 Å². The van der Waals surface area contributed by atoms with E-state index in [1.165, 1.54) is 0 Å². The van der Waals surface area contributed by atoms with Gasteiger partial charge in [0, 0.05) is 21.5 Å². The summed E-state index contributed by atoms with van der Waals surface area (Å²) < 4.78 is 0.968. The second-order valence-corrected chi connectivity index (χ2v) is 6.17. The zero-order valence-corrected chi connectivity index (χ0v) is 14.0. The van der Waals surface area contributed by atoms with Gasteiger partial charge in [0.25, 0.3) is 0 Å². The van der Waals surface area contributed by atoms with Crippen molar-refractivity contribution in [3.05, 3.63) is 109 Å². The maximum atomic E-state index is 3.24. The van der Waals surface area contributed by atoms with Crippen LogP contribution < -0.4 is 0 Å². The SMILES string of the molecule is c1c#cc2ccccc2c#cc2sccc2c#cc2ccccc2c#1. The van der Waals surface area contributed by atoms with Crippen LogP contribution in [0.1, 0.15) is 0 Å². The van der Waals surface area contributed by atoms with Crippen LogP contribution in [0.4, 0.5) is 0 Å². The van der Waals surface area contributed by atoms with Crippen LogP contribution in [0.2, 0.25) is 0 Å². The molecule has 0 aliphatic heterocycles. The van der Waals surface area contributed by atoms with Crippen molar-refractivity contribution < 1.29 is 0 Å². The Hall–Kier alpha value is -3.62. The molecule has 1 heterocycles. The van der Waals surface area contributed by atoms with Gasteiger partial charge in [-0.2, -0.15) is 0 Å². The lowest BCUT2D eigenvalue weighted by Crippen LogP contribution is -1.63. The third-order valence-electron chi connectivity index (χ3n) is 3.62. The molecule has 0 bridgehead atoms. The van der Waals surface area contributed by atoms with Crippen LogP contribution in [-0.4, -0.2) is 0 Å². The van der Waals surface area contributed by atoms with Crippen molar-refractivity contribution in [3.63, 3.8) is 0 Å². The van der Waals surface area contributed by atoms with E-state index in [0.29, 0.717) is 0 Å². The van der Waals surface area contributed by atoms with Crippen molar-refractivity contribution >= 4 is 43.0 Å². The van der Waals surface area contributed by atoms with E-state index in [9.17, 15) is 0 Å². The van der Waals surface area contributed by atoms with Gasteiger partial charge in [-0.15, -0.1) is 11.3 Å². The molecule has 0 aliphatic rings. The number of rotatable bonds is 0. The molecule has 0 radical (unpaired) electrons. The first-order valence-corrected chi connectivity index (χ1v) is 8.60. The molecule has 112 valence electrons. The zero-order valence-electron chi connectivity index (χ0n) is 13.2. The van der Waals surface area contributed by atoms with Gasteiger partial charge in [0.2, 0.25) is 0 Å². The molecule has 0 aliphatic carbocycles. The molecule has 0 fully saturated rings. The van der Waals surface area contributed by atoms with Gasteiger partial charge in [0.15, 0.2) is 0 Å². The van der Waals surface area contributed by atoms with Crippen molar-refractivity contribution in [1.29, 1.82) is 0 Å². The highest BCUT2D eigenvalue weighted by Gasteiger charge is 1.89. The first kappa shape index (κ1) is 14.9. The molecular weight excluding hydrogens is 320 g/mol. The number of fused-ring (bicyclic) bond motifs is 3. The molecule has 0 atom stereocenters. The molecule has 0 saturated heterocycles. The van der Waals surface area contributed by atoms with E-state index in [0.717, 1.165) is 31.6 Å². The van der Waals surface area contributed by atoms with Crippen LogP contribution in [0, 0.1) is 48.5 Å². The van der Waals surface area contributed by atoms with Gasteiger partial charge in [-0.3, -0.25) is 0 Å². The average Bonchev–Trinajstić information content (AvgIpc) is 3.10. The molecule has 0 unspecified atom stereocenters. The summed E-state index contributed by atoms with van der Waals surface area (Å²) in [5.41, 5.74) is 0. The maximum absolute atomic E-state index is 3.24. The molecule has 0 saturated carbocycles. The Bertz CT molecular complexity index is 1060. The molecule has 4 rings (SSSR count). The molecular formula is C24H10S. The number of benzene rings is 2. The molecule has 1 aromatic heterocycles. The fourth-order valence-electron chi connectivity index (χ4n) is 2.36. The molecule has 1 heteroatoms. The van der Waals surface area contributed by atoms with Crippen molar-refractivity contribution in [2.75, 3.05) is 0 Å². The molecule has 25 heavy (non-hydrogen) atoms. The summed E-state index contributed by atoms with van der Waals surface area (Å²) in [7, 11) is 0. The van der Waals surface area contributed by atoms with Gasteiger partial charge in [-0.05, 0) is 53.9 Å². The van der Waals surface area contributed by atoms with Crippen molar-refractivity contribution in [1.82, 2.24) is 0 Å². The minimum Gasteiger partial charge on any atom is -0.134 e. The third kappa shape index (κ3) is 3.34. The second kappa shape index (κ2) is 6.87. The van der Waals surface area contributed by atoms with Gasteiger partial charge in [-0.1, -0.05) is 54.6 Å². The molecule has 0 nitrogen and oxygen atoms in total. The largest absolute Gasteiger partial charge is 0.134 e. The van der Waals surface area contributed by atoms with E-state index in [2.05, 4.69) is 48.5 Å². The smallest absolute Gasteiger partial charge is 0.0928 e. The summed E-state index contributed by atoms with van der Waals surface area (Å²) in [6, 6.07) is 42.7. The average molecular weight is 330 g/mol. The predicted octanol–water partition coefficient (Wildman–Crippen LogP) is 5.86. The lowest BCUT2D eigenvalue weighted by Gasteiger charge is -1.84. The Morgan fingerprint density at radius 1 is 0.480 bits per heavy atom. The van der Waals surface area contributed by atoms with E-state index in [4.69, 9.17) is 0 Å². The monoisotopic (exact) mass is 330 g/mol. The van der Waals surface area contributed by atoms with Crippen LogP contribution in [-0.2, 0) is 0 Å². The molecule has 0 N–H and O–H groups in total. The van der Waals surface area contributed by atoms with Crippen LogP contribution in [0.15, 0.2) is 60.0 Å². The van der Waals surface area contributed by atoms with E-state index in [-0.39, 0.29) is 0 Å². The van der Waals surface area contributed by atoms with Crippen LogP contribution in [0.5, 0.6) is 0 Å². The Labute approximate surface area is 151 Å². The van der Waals surface area contributed by atoms with Gasteiger partial charge in [-0.25, -0.2) is 0 Å². The summed E-state index contributed by atoms with van der Waals surface area (Å²) in [4.78, 5) is 0. The third-order valence-corrected chi connectivity index (χ3v) is 4.45. The summed E-state index contributed by atoms with van der Waals surface area (Å²) in [6.07, 6.45) is 0. The topological polar surface area (TPSA) is 0 Å². The summed E-state index contributed by atoms with van der Waals surface area (Å²) in [5.74, 6) is 0. The van der Waals surface area contributed by atoms with E-state index in [1.807, 2.05) is 60.0 Å². The van der Waals surface area contributed by atoms with Crippen LogP contribution >= 0.6 is 11.3 Å². The van der Waals surface area contributed by atoms with E-state index in [1.54, 1.807) is 11.3 Å². The second-order valence-electron chi connectivity index (χ2n) is 5.25. The van der Waals surface area contributed by atoms with Gasteiger partial charge < -0.3 is 0 Å². The highest BCUT2D eigenvalue weighted by atomic mass is 32.1. The molecule has 4 aromatic rings. The number of hydrogen-bond donors (Lipinski definition) is 0. The van der Waals surface area contributed by atoms with E-state index < -0.39 is 0 Å². The van der Waals surface area contributed by atoms with Gasteiger partial charge >= 0.3 is 0 Å². The number of thiophene rings is 1. The summed E-state index contributed by atoms with van der Waals surface area (Å²) in [6.45, 7) is 0. The lowest BCUT2D eigenvalue weighted by molar-refractivity contribution is 1.80. The maximum Gasteiger partial charge on any atom is 0.0928 e. The Balaban J connectivity index is 2.11. The van der Waals surface area contributed by atoms with Gasteiger partial charge in [0.05, 0.1) is 10.1 Å². The fraction of sp³-hybridized carbons (Fsp3) is 0. The standard InChI is InChI=1S/C24H10S/c1-2-9-20-10-4-6-12-22(20)15-16-24-23(17-18-25-24)14-13-21-11-5-3-8-19(21)7-1/h3-6,8,10-12,17-18H. The fourth-order valence-corrected chi connectivity index (χ4v) is 3.06. The summed E-state index contributed by atoms with van der Waals surface area (Å²) in [5, 5.41) is 6.54. The molecule has 3 aromatic carbocycles. The Morgan fingerprint density at radius 3 is 1.56 bits per heavy atom. The first-order valence-electron chi connectivity index (χ1n) is 7.72. The van der Waals surface area contributed by atoms with Crippen molar-refractivity contribution in [2.45, 2.75) is 0 Å². The van der Waals surface area contributed by atoms with Crippen molar-refractivity contribution in [2.24, 2.45) is 0 Å².